The van der Waals surface area contributed by atoms with Gasteiger partial charge < -0.3 is 14.8 Å². The van der Waals surface area contributed by atoms with Gasteiger partial charge in [-0.1, -0.05) is 0 Å². The second-order valence-electron chi connectivity index (χ2n) is 6.64. The fraction of sp³-hybridized carbons (Fsp3) is 1.00. The minimum Gasteiger partial charge on any atom is -0.378 e. The van der Waals surface area contributed by atoms with Crippen LogP contribution in [0.1, 0.15) is 34.6 Å². The molecule has 0 aromatic rings. The molecule has 0 saturated carbocycles. The molecule has 6 heteroatoms. The van der Waals surface area contributed by atoms with Crippen molar-refractivity contribution in [3.63, 3.8) is 0 Å². The second-order valence-corrected chi connectivity index (χ2v) is 9.50. The van der Waals surface area contributed by atoms with E-state index in [1.807, 2.05) is 13.8 Å². The molecule has 0 aromatic heterocycles. The van der Waals surface area contributed by atoms with Gasteiger partial charge >= 0.3 is 0 Å². The molecule has 0 amide bonds. The van der Waals surface area contributed by atoms with Crippen LogP contribution in [0.15, 0.2) is 0 Å². The minimum absolute atomic E-state index is 0.0129. The monoisotopic (exact) mass is 293 g/mol. The van der Waals surface area contributed by atoms with E-state index in [0.717, 1.165) is 13.1 Å². The molecule has 1 unspecified atom stereocenters. The van der Waals surface area contributed by atoms with E-state index in [2.05, 4.69) is 5.32 Å². The van der Waals surface area contributed by atoms with Crippen molar-refractivity contribution in [3.8, 4) is 0 Å². The Hall–Kier alpha value is -0.170. The van der Waals surface area contributed by atoms with Crippen LogP contribution in [-0.2, 0) is 19.3 Å². The molecule has 0 aliphatic carbocycles. The van der Waals surface area contributed by atoms with Gasteiger partial charge in [-0.2, -0.15) is 0 Å². The van der Waals surface area contributed by atoms with E-state index in [4.69, 9.17) is 9.47 Å². The Kier molecular flexibility index (Phi) is 5.40. The lowest BCUT2D eigenvalue weighted by atomic mass is 10.1. The summed E-state index contributed by atoms with van der Waals surface area (Å²) in [5.41, 5.74) is -0.191. The van der Waals surface area contributed by atoms with Crippen molar-refractivity contribution in [2.24, 2.45) is 0 Å². The number of sulfone groups is 1. The third kappa shape index (κ3) is 5.38. The molecule has 1 fully saturated rings. The maximum atomic E-state index is 11.9. The Morgan fingerprint density at radius 3 is 2.53 bits per heavy atom. The molecule has 5 nitrogen and oxygen atoms in total. The summed E-state index contributed by atoms with van der Waals surface area (Å²) in [5.74, 6) is 0.0556. The Morgan fingerprint density at radius 1 is 1.37 bits per heavy atom. The molecule has 1 saturated heterocycles. The van der Waals surface area contributed by atoms with Gasteiger partial charge in [0, 0.05) is 13.1 Å². The zero-order chi connectivity index (χ0) is 14.7. The molecule has 0 bridgehead atoms. The van der Waals surface area contributed by atoms with Gasteiger partial charge in [0.25, 0.3) is 0 Å². The lowest BCUT2D eigenvalue weighted by Crippen LogP contribution is -2.52. The molecule has 1 heterocycles. The third-order valence-corrected chi connectivity index (χ3v) is 5.71. The van der Waals surface area contributed by atoms with E-state index < -0.39 is 14.6 Å². The number of rotatable bonds is 5. The maximum Gasteiger partial charge on any atom is 0.157 e. The lowest BCUT2D eigenvalue weighted by molar-refractivity contribution is -0.119. The molecule has 19 heavy (non-hydrogen) atoms. The van der Waals surface area contributed by atoms with Crippen molar-refractivity contribution in [1.29, 1.82) is 0 Å². The van der Waals surface area contributed by atoms with Gasteiger partial charge in [0.1, 0.15) is 0 Å². The summed E-state index contributed by atoms with van der Waals surface area (Å²) in [4.78, 5) is 0. The van der Waals surface area contributed by atoms with Crippen LogP contribution in [-0.4, -0.2) is 56.9 Å². The van der Waals surface area contributed by atoms with Crippen molar-refractivity contribution in [3.05, 3.63) is 0 Å². The number of hydrogen-bond acceptors (Lipinski definition) is 5. The molecule has 1 rings (SSSR count). The van der Waals surface area contributed by atoms with E-state index in [1.54, 1.807) is 20.8 Å². The first-order chi connectivity index (χ1) is 8.54. The average Bonchev–Trinajstić information content (AvgIpc) is 2.21. The third-order valence-electron chi connectivity index (χ3n) is 3.14. The Morgan fingerprint density at radius 2 is 2.00 bits per heavy atom. The van der Waals surface area contributed by atoms with Gasteiger partial charge in [-0.3, -0.25) is 0 Å². The quantitative estimate of drug-likeness (QED) is 0.766. The highest BCUT2D eigenvalue weighted by Crippen LogP contribution is 2.17. The SMILES string of the molecule is CC1(C)CNCC(COCCS(=O)(=O)C(C)(C)C)O1. The highest BCUT2D eigenvalue weighted by molar-refractivity contribution is 7.92. The topological polar surface area (TPSA) is 64.6 Å². The van der Waals surface area contributed by atoms with Gasteiger partial charge in [0.2, 0.25) is 0 Å². The zero-order valence-corrected chi connectivity index (χ0v) is 13.5. The van der Waals surface area contributed by atoms with Crippen LogP contribution in [0.3, 0.4) is 0 Å². The van der Waals surface area contributed by atoms with Crippen molar-refractivity contribution in [2.45, 2.75) is 51.1 Å². The highest BCUT2D eigenvalue weighted by Gasteiger charge is 2.30. The first kappa shape index (κ1) is 16.9. The van der Waals surface area contributed by atoms with E-state index in [0.29, 0.717) is 6.61 Å². The standard InChI is InChI=1S/C13H27NO4S/c1-12(2,3)19(15,16)7-6-17-9-11-8-14-10-13(4,5)18-11/h11,14H,6-10H2,1-5H3. The summed E-state index contributed by atoms with van der Waals surface area (Å²) < 4.78 is 34.3. The zero-order valence-electron chi connectivity index (χ0n) is 12.7. The smallest absolute Gasteiger partial charge is 0.157 e. The molecule has 114 valence electrons. The van der Waals surface area contributed by atoms with Crippen LogP contribution in [0.4, 0.5) is 0 Å². The summed E-state index contributed by atoms with van der Waals surface area (Å²) in [7, 11) is -3.10. The van der Waals surface area contributed by atoms with E-state index >= 15 is 0 Å². The number of nitrogens with one attached hydrogen (secondary N) is 1. The maximum absolute atomic E-state index is 11.9. The van der Waals surface area contributed by atoms with Crippen LogP contribution in [0, 0.1) is 0 Å². The first-order valence-corrected chi connectivity index (χ1v) is 8.37. The highest BCUT2D eigenvalue weighted by atomic mass is 32.2. The van der Waals surface area contributed by atoms with E-state index in [9.17, 15) is 8.42 Å². The predicted octanol–water partition coefficient (Wildman–Crippen LogP) is 0.983. The van der Waals surface area contributed by atoms with Gasteiger partial charge in [-0.25, -0.2) is 8.42 Å². The molecule has 1 N–H and O–H groups in total. The molecule has 1 atom stereocenters. The van der Waals surface area contributed by atoms with E-state index in [-0.39, 0.29) is 24.1 Å². The molecular formula is C13H27NO4S. The van der Waals surface area contributed by atoms with Gasteiger partial charge in [-0.15, -0.1) is 0 Å². The van der Waals surface area contributed by atoms with Crippen molar-refractivity contribution in [2.75, 3.05) is 32.1 Å². The van der Waals surface area contributed by atoms with Crippen LogP contribution in [0.2, 0.25) is 0 Å². The molecule has 1 aliphatic rings. The number of ether oxygens (including phenoxy) is 2. The molecule has 0 radical (unpaired) electrons. The largest absolute Gasteiger partial charge is 0.378 e. The van der Waals surface area contributed by atoms with Crippen molar-refractivity contribution >= 4 is 9.84 Å². The fourth-order valence-corrected chi connectivity index (χ4v) is 2.80. The molecular weight excluding hydrogens is 266 g/mol. The summed E-state index contributed by atoms with van der Waals surface area (Å²) >= 11 is 0. The first-order valence-electron chi connectivity index (χ1n) is 6.72. The van der Waals surface area contributed by atoms with Crippen molar-refractivity contribution < 1.29 is 17.9 Å². The van der Waals surface area contributed by atoms with Crippen LogP contribution in [0.5, 0.6) is 0 Å². The van der Waals surface area contributed by atoms with Crippen LogP contribution in [0.25, 0.3) is 0 Å². The van der Waals surface area contributed by atoms with Gasteiger partial charge in [-0.05, 0) is 34.6 Å². The van der Waals surface area contributed by atoms with Crippen LogP contribution >= 0.6 is 0 Å². The summed E-state index contributed by atoms with van der Waals surface area (Å²) in [6.07, 6.45) is -0.0129. The predicted molar refractivity (Wildman–Crippen MR) is 76.2 cm³/mol. The average molecular weight is 293 g/mol. The Labute approximate surface area is 117 Å². The van der Waals surface area contributed by atoms with E-state index in [1.165, 1.54) is 0 Å². The Balaban J connectivity index is 2.29. The number of hydrogen-bond donors (Lipinski definition) is 1. The fourth-order valence-electron chi connectivity index (χ4n) is 1.85. The molecule has 0 aromatic carbocycles. The molecule has 1 aliphatic heterocycles. The molecule has 0 spiro atoms. The van der Waals surface area contributed by atoms with Crippen LogP contribution < -0.4 is 5.32 Å². The summed E-state index contributed by atoms with van der Waals surface area (Å²) in [5, 5.41) is 3.28. The van der Waals surface area contributed by atoms with Gasteiger partial charge in [0.15, 0.2) is 9.84 Å². The van der Waals surface area contributed by atoms with Crippen molar-refractivity contribution in [1.82, 2.24) is 5.32 Å². The Bertz CT molecular complexity index is 384. The lowest BCUT2D eigenvalue weighted by Gasteiger charge is -2.36. The second kappa shape index (κ2) is 6.08. The minimum atomic E-state index is -3.10. The normalized spacial score (nSPS) is 24.4. The number of morpholine rings is 1. The van der Waals surface area contributed by atoms with Gasteiger partial charge in [0.05, 0.1) is 35.4 Å². The summed E-state index contributed by atoms with van der Waals surface area (Å²) in [6, 6.07) is 0. The summed E-state index contributed by atoms with van der Waals surface area (Å²) in [6.45, 7) is 11.4.